The van der Waals surface area contributed by atoms with Gasteiger partial charge in [0.2, 0.25) is 0 Å². The molecule has 8 aromatic rings. The summed E-state index contributed by atoms with van der Waals surface area (Å²) in [6, 6.07) is 41.1. The van der Waals surface area contributed by atoms with Gasteiger partial charge < -0.3 is 4.42 Å². The van der Waals surface area contributed by atoms with Crippen LogP contribution in [0.25, 0.3) is 77.2 Å². The van der Waals surface area contributed by atoms with Crippen LogP contribution in [0.4, 0.5) is 0 Å². The minimum Gasteiger partial charge on any atom is -0.455 e. The zero-order valence-electron chi connectivity index (χ0n) is 27.0. The molecule has 192 valence electrons. The molecule has 41 heavy (non-hydrogen) atoms. The molecule has 0 radical (unpaired) electrons. The molecule has 1 nitrogen and oxygen atoms in total. The molecule has 1 heteroatoms. The Morgan fingerprint density at radius 1 is 0.366 bits per heavy atom. The number of hydrogen-bond donors (Lipinski definition) is 0. The third-order valence-electron chi connectivity index (χ3n) is 7.78. The van der Waals surface area contributed by atoms with Crippen LogP contribution in [0.5, 0.6) is 0 Å². The highest BCUT2D eigenvalue weighted by Gasteiger charge is 2.19. The molecule has 0 amide bonds. The zero-order valence-corrected chi connectivity index (χ0v) is 22.0. The second-order valence-electron chi connectivity index (χ2n) is 10.1. The minimum absolute atomic E-state index is 0.208. The first kappa shape index (κ1) is 18.8. The number of para-hydroxylation sites is 1. The standard InChI is InChI=1S/C40H26O/c1-3-13-27(14-4-1)37-31-17-7-9-19-33(31)38(34-20-10-8-18-32(34)37)28-23-25-29(26-24-28)39-35-21-11-12-22-36(35)41-40(39)30-15-5-2-6-16-30/h1-26H/i1D,3D,4D,13D,14D. The quantitative estimate of drug-likeness (QED) is 0.207. The molecular weight excluding hydrogens is 496 g/mol. The molecule has 1 heterocycles. The lowest BCUT2D eigenvalue weighted by Gasteiger charge is -2.18. The van der Waals surface area contributed by atoms with E-state index in [2.05, 4.69) is 42.5 Å². The summed E-state index contributed by atoms with van der Waals surface area (Å²) in [5.74, 6) is 0.827. The van der Waals surface area contributed by atoms with Gasteiger partial charge in [0.05, 0.1) is 6.85 Å². The average Bonchev–Trinajstić information content (AvgIpc) is 3.50. The molecule has 0 fully saturated rings. The first-order chi connectivity index (χ1) is 22.4. The molecule has 0 saturated carbocycles. The highest BCUT2D eigenvalue weighted by atomic mass is 16.3. The van der Waals surface area contributed by atoms with Gasteiger partial charge in [-0.15, -0.1) is 0 Å². The van der Waals surface area contributed by atoms with Crippen LogP contribution in [0.15, 0.2) is 162 Å². The van der Waals surface area contributed by atoms with Crippen LogP contribution in [-0.4, -0.2) is 0 Å². The number of rotatable bonds is 4. The number of fused-ring (bicyclic) bond motifs is 3. The van der Waals surface area contributed by atoms with Gasteiger partial charge >= 0.3 is 0 Å². The maximum absolute atomic E-state index is 8.79. The summed E-state index contributed by atoms with van der Waals surface area (Å²) >= 11 is 0. The lowest BCUT2D eigenvalue weighted by atomic mass is 9.85. The van der Waals surface area contributed by atoms with Crippen molar-refractivity contribution in [3.05, 3.63) is 158 Å². The minimum atomic E-state index is -0.398. The van der Waals surface area contributed by atoms with Crippen molar-refractivity contribution in [2.75, 3.05) is 0 Å². The van der Waals surface area contributed by atoms with Crippen molar-refractivity contribution in [1.82, 2.24) is 0 Å². The van der Waals surface area contributed by atoms with Crippen molar-refractivity contribution in [3.63, 3.8) is 0 Å². The van der Waals surface area contributed by atoms with E-state index in [-0.39, 0.29) is 29.7 Å². The molecule has 0 aliphatic carbocycles. The Bertz CT molecular complexity index is 2380. The van der Waals surface area contributed by atoms with Crippen LogP contribution in [0.3, 0.4) is 0 Å². The van der Waals surface area contributed by atoms with Crippen LogP contribution in [0.1, 0.15) is 6.85 Å². The van der Waals surface area contributed by atoms with E-state index in [4.69, 9.17) is 11.3 Å². The van der Waals surface area contributed by atoms with Gasteiger partial charge in [-0.3, -0.25) is 0 Å². The van der Waals surface area contributed by atoms with Crippen LogP contribution >= 0.6 is 0 Å². The van der Waals surface area contributed by atoms with E-state index < -0.39 is 6.04 Å². The van der Waals surface area contributed by atoms with Crippen molar-refractivity contribution >= 4 is 32.5 Å². The molecule has 0 aliphatic heterocycles. The average molecular weight is 528 g/mol. The largest absolute Gasteiger partial charge is 0.455 e. The molecule has 7 aromatic carbocycles. The topological polar surface area (TPSA) is 13.1 Å². The SMILES string of the molecule is [2H]c1c([2H])c([2H])c(-c2c3ccccc3c(-c3ccc(-c4c(-c5ccccc5)oc5ccccc45)cc3)c3ccccc23)c([2H])c1[2H]. The van der Waals surface area contributed by atoms with Crippen LogP contribution in [-0.2, 0) is 0 Å². The Balaban J connectivity index is 1.37. The third kappa shape index (κ3) is 3.86. The van der Waals surface area contributed by atoms with E-state index >= 15 is 0 Å². The summed E-state index contributed by atoms with van der Waals surface area (Å²) in [5.41, 5.74) is 6.81. The Kier molecular flexibility index (Phi) is 4.43. The maximum atomic E-state index is 8.79. The molecule has 8 rings (SSSR count). The molecule has 0 spiro atoms. The number of hydrogen-bond acceptors (Lipinski definition) is 1. The second-order valence-corrected chi connectivity index (χ2v) is 10.1. The van der Waals surface area contributed by atoms with Crippen molar-refractivity contribution < 1.29 is 11.3 Å². The summed E-state index contributed by atoms with van der Waals surface area (Å²) in [4.78, 5) is 0. The summed E-state index contributed by atoms with van der Waals surface area (Å²) in [6.07, 6.45) is 0. The van der Waals surface area contributed by atoms with Crippen LogP contribution < -0.4 is 0 Å². The van der Waals surface area contributed by atoms with Gasteiger partial charge in [0.15, 0.2) is 0 Å². The fraction of sp³-hybridized carbons (Fsp3) is 0. The van der Waals surface area contributed by atoms with E-state index in [0.717, 1.165) is 66.1 Å². The van der Waals surface area contributed by atoms with Gasteiger partial charge in [-0.1, -0.05) is 152 Å². The van der Waals surface area contributed by atoms with E-state index in [1.165, 1.54) is 0 Å². The van der Waals surface area contributed by atoms with Gasteiger partial charge in [-0.05, 0) is 55.4 Å². The lowest BCUT2D eigenvalue weighted by Crippen LogP contribution is -1.90. The summed E-state index contributed by atoms with van der Waals surface area (Å²) in [7, 11) is 0. The zero-order chi connectivity index (χ0) is 31.5. The van der Waals surface area contributed by atoms with Gasteiger partial charge in [0.25, 0.3) is 0 Å². The maximum Gasteiger partial charge on any atom is 0.143 e. The van der Waals surface area contributed by atoms with Gasteiger partial charge in [-0.25, -0.2) is 0 Å². The Morgan fingerprint density at radius 3 is 1.41 bits per heavy atom. The number of furan rings is 1. The predicted octanol–water partition coefficient (Wildman–Crippen LogP) is 11.4. The summed E-state index contributed by atoms with van der Waals surface area (Å²) < 4.78 is 48.8. The normalized spacial score (nSPS) is 13.1. The first-order valence-corrected chi connectivity index (χ1v) is 13.6. The van der Waals surface area contributed by atoms with Crippen molar-refractivity contribution in [2.24, 2.45) is 0 Å². The first-order valence-electron chi connectivity index (χ1n) is 16.1. The van der Waals surface area contributed by atoms with Gasteiger partial charge in [0, 0.05) is 16.5 Å². The Morgan fingerprint density at radius 2 is 0.829 bits per heavy atom. The predicted molar refractivity (Wildman–Crippen MR) is 173 cm³/mol. The summed E-state index contributed by atoms with van der Waals surface area (Å²) in [6.45, 7) is 0. The smallest absolute Gasteiger partial charge is 0.143 e. The van der Waals surface area contributed by atoms with E-state index in [1.54, 1.807) is 0 Å². The van der Waals surface area contributed by atoms with Crippen LogP contribution in [0, 0.1) is 0 Å². The molecule has 0 bridgehead atoms. The van der Waals surface area contributed by atoms with Crippen molar-refractivity contribution in [2.45, 2.75) is 0 Å². The summed E-state index contributed by atoms with van der Waals surface area (Å²) in [5, 5.41) is 4.58. The van der Waals surface area contributed by atoms with Crippen molar-refractivity contribution in [1.29, 1.82) is 0 Å². The molecule has 1 aromatic heterocycles. The highest BCUT2D eigenvalue weighted by molar-refractivity contribution is 6.21. The number of benzene rings is 7. The highest BCUT2D eigenvalue weighted by Crippen LogP contribution is 2.45. The van der Waals surface area contributed by atoms with Crippen LogP contribution in [0.2, 0.25) is 0 Å². The molecule has 0 aliphatic rings. The Labute approximate surface area is 246 Å². The molecule has 0 N–H and O–H groups in total. The third-order valence-corrected chi connectivity index (χ3v) is 7.78. The van der Waals surface area contributed by atoms with Gasteiger partial charge in [-0.2, -0.15) is 0 Å². The van der Waals surface area contributed by atoms with Crippen molar-refractivity contribution in [3.8, 4) is 44.7 Å². The van der Waals surface area contributed by atoms with Gasteiger partial charge in [0.1, 0.15) is 11.3 Å². The molecule has 0 saturated heterocycles. The van der Waals surface area contributed by atoms with E-state index in [9.17, 15) is 0 Å². The molecule has 0 unspecified atom stereocenters. The van der Waals surface area contributed by atoms with E-state index in [1.807, 2.05) is 84.9 Å². The molecule has 0 atom stereocenters. The fourth-order valence-corrected chi connectivity index (χ4v) is 6.01. The lowest BCUT2D eigenvalue weighted by molar-refractivity contribution is 0.632. The Hall–Kier alpha value is -5.40. The second kappa shape index (κ2) is 9.66. The monoisotopic (exact) mass is 527 g/mol. The molecular formula is C40H26O. The van der Waals surface area contributed by atoms with E-state index in [0.29, 0.717) is 5.56 Å². The fourth-order valence-electron chi connectivity index (χ4n) is 6.01.